The Kier molecular flexibility index (Phi) is 4.62. The molecular weight excluding hydrogens is 390 g/mol. The second kappa shape index (κ2) is 7.00. The molecule has 3 aromatic carbocycles. The molecule has 1 aliphatic heterocycles. The van der Waals surface area contributed by atoms with Gasteiger partial charge in [0.05, 0.1) is 10.6 Å². The minimum absolute atomic E-state index is 0.169. The lowest BCUT2D eigenvalue weighted by Gasteiger charge is -2.19. The molecule has 1 aliphatic rings. The number of carbonyl (C=O) groups is 2. The zero-order valence-electron chi connectivity index (χ0n) is 16.0. The lowest BCUT2D eigenvalue weighted by atomic mass is 10.1. The highest BCUT2D eigenvalue weighted by Crippen LogP contribution is 2.41. The second-order valence-electron chi connectivity index (χ2n) is 7.01. The Hall–Kier alpha value is -3.19. The van der Waals surface area contributed by atoms with Gasteiger partial charge in [0.1, 0.15) is 6.54 Å². The average molecular weight is 409 g/mol. The van der Waals surface area contributed by atoms with Crippen LogP contribution in [0.5, 0.6) is 0 Å². The number of esters is 1. The van der Waals surface area contributed by atoms with Crippen molar-refractivity contribution in [3.8, 4) is 0 Å². The molecule has 3 aromatic rings. The van der Waals surface area contributed by atoms with Crippen LogP contribution in [0.4, 0.5) is 5.69 Å². The number of aryl methyl sites for hydroxylation is 1. The fraction of sp³-hybridized carbons (Fsp3) is 0.182. The molecule has 0 spiro atoms. The summed E-state index contributed by atoms with van der Waals surface area (Å²) >= 11 is 0. The standard InChI is InChI=1S/C22H19NO5S/c1-14-9-11-17(12-10-14)22(25)15(2)28-20(24)13-23-18-7-3-5-16-6-4-8-19(21(16)18)29(23,26)27/h3-12,15H,13H2,1-2H3/t15-/m1/s1. The summed E-state index contributed by atoms with van der Waals surface area (Å²) in [6.07, 6.45) is -1.02. The highest BCUT2D eigenvalue weighted by atomic mass is 32.2. The first-order chi connectivity index (χ1) is 13.8. The number of Topliss-reactive ketones (excluding diaryl/α,β-unsaturated/α-hetero) is 1. The molecule has 6 nitrogen and oxygen atoms in total. The molecule has 0 radical (unpaired) electrons. The Morgan fingerprint density at radius 1 is 1.00 bits per heavy atom. The Bertz CT molecular complexity index is 1230. The molecule has 148 valence electrons. The van der Waals surface area contributed by atoms with Crippen LogP contribution >= 0.6 is 0 Å². The maximum atomic E-state index is 12.9. The number of ether oxygens (including phenoxy) is 1. The van der Waals surface area contributed by atoms with Gasteiger partial charge in [0, 0.05) is 10.9 Å². The predicted molar refractivity (Wildman–Crippen MR) is 110 cm³/mol. The first-order valence-electron chi connectivity index (χ1n) is 9.14. The Balaban J connectivity index is 1.54. The molecule has 1 atom stereocenters. The third kappa shape index (κ3) is 3.27. The number of hydrogen-bond acceptors (Lipinski definition) is 5. The third-order valence-electron chi connectivity index (χ3n) is 4.97. The van der Waals surface area contributed by atoms with Crippen LogP contribution in [0.2, 0.25) is 0 Å². The molecule has 0 bridgehead atoms. The average Bonchev–Trinajstić information content (AvgIpc) is 2.91. The minimum Gasteiger partial charge on any atom is -0.453 e. The van der Waals surface area contributed by atoms with Gasteiger partial charge in [-0.2, -0.15) is 0 Å². The van der Waals surface area contributed by atoms with E-state index in [9.17, 15) is 18.0 Å². The highest BCUT2D eigenvalue weighted by Gasteiger charge is 2.37. The van der Waals surface area contributed by atoms with Crippen LogP contribution in [0, 0.1) is 6.92 Å². The number of benzene rings is 3. The predicted octanol–water partition coefficient (Wildman–Crippen LogP) is 3.47. The van der Waals surface area contributed by atoms with E-state index >= 15 is 0 Å². The van der Waals surface area contributed by atoms with E-state index in [-0.39, 0.29) is 10.7 Å². The molecule has 29 heavy (non-hydrogen) atoms. The van der Waals surface area contributed by atoms with Crippen molar-refractivity contribution in [3.63, 3.8) is 0 Å². The lowest BCUT2D eigenvalue weighted by molar-refractivity contribution is -0.144. The summed E-state index contributed by atoms with van der Waals surface area (Å²) in [5.41, 5.74) is 1.88. The molecule has 1 heterocycles. The van der Waals surface area contributed by atoms with Gasteiger partial charge in [-0.1, -0.05) is 54.1 Å². The van der Waals surface area contributed by atoms with Crippen LogP contribution in [0.1, 0.15) is 22.8 Å². The number of anilines is 1. The van der Waals surface area contributed by atoms with Gasteiger partial charge in [0.15, 0.2) is 6.10 Å². The summed E-state index contributed by atoms with van der Waals surface area (Å²) in [6.45, 7) is 2.89. The molecule has 0 aliphatic carbocycles. The van der Waals surface area contributed by atoms with Crippen molar-refractivity contribution in [2.75, 3.05) is 10.8 Å². The zero-order chi connectivity index (χ0) is 20.8. The molecule has 4 rings (SSSR count). The van der Waals surface area contributed by atoms with Crippen LogP contribution in [0.15, 0.2) is 65.6 Å². The van der Waals surface area contributed by atoms with Crippen molar-refractivity contribution >= 4 is 38.2 Å². The van der Waals surface area contributed by atoms with E-state index in [1.165, 1.54) is 13.0 Å². The molecule has 0 saturated heterocycles. The normalized spacial score (nSPS) is 15.3. The third-order valence-corrected chi connectivity index (χ3v) is 6.77. The molecule has 0 saturated carbocycles. The maximum Gasteiger partial charge on any atom is 0.327 e. The van der Waals surface area contributed by atoms with Gasteiger partial charge >= 0.3 is 5.97 Å². The summed E-state index contributed by atoms with van der Waals surface area (Å²) in [5, 5.41) is 1.37. The summed E-state index contributed by atoms with van der Waals surface area (Å²) < 4.78 is 32.1. The number of carbonyl (C=O) groups excluding carboxylic acids is 2. The van der Waals surface area contributed by atoms with E-state index in [2.05, 4.69) is 0 Å². The molecule has 7 heteroatoms. The topological polar surface area (TPSA) is 80.8 Å². The molecular formula is C22H19NO5S. The van der Waals surface area contributed by atoms with Gasteiger partial charge in [-0.25, -0.2) is 8.42 Å². The van der Waals surface area contributed by atoms with Gasteiger partial charge in [-0.3, -0.25) is 13.9 Å². The maximum absolute atomic E-state index is 12.9. The Morgan fingerprint density at radius 3 is 2.34 bits per heavy atom. The van der Waals surface area contributed by atoms with E-state index in [0.29, 0.717) is 16.6 Å². The van der Waals surface area contributed by atoms with Gasteiger partial charge in [0.2, 0.25) is 5.78 Å². The van der Waals surface area contributed by atoms with E-state index < -0.39 is 28.6 Å². The van der Waals surface area contributed by atoms with Gasteiger partial charge in [-0.15, -0.1) is 0 Å². The van der Waals surface area contributed by atoms with Crippen molar-refractivity contribution in [1.82, 2.24) is 0 Å². The second-order valence-corrected chi connectivity index (χ2v) is 8.84. The number of nitrogens with zero attached hydrogens (tertiary/aromatic N) is 1. The van der Waals surface area contributed by atoms with E-state index in [1.807, 2.05) is 19.1 Å². The van der Waals surface area contributed by atoms with Crippen LogP contribution in [-0.4, -0.2) is 32.8 Å². The van der Waals surface area contributed by atoms with Crippen LogP contribution in [0.3, 0.4) is 0 Å². The molecule has 0 amide bonds. The van der Waals surface area contributed by atoms with Gasteiger partial charge in [0.25, 0.3) is 10.0 Å². The lowest BCUT2D eigenvalue weighted by Crippen LogP contribution is -2.36. The van der Waals surface area contributed by atoms with E-state index in [0.717, 1.165) is 15.3 Å². The first kappa shape index (κ1) is 19.1. The number of hydrogen-bond donors (Lipinski definition) is 0. The summed E-state index contributed by atoms with van der Waals surface area (Å²) in [4.78, 5) is 25.1. The van der Waals surface area contributed by atoms with Crippen LogP contribution in [0.25, 0.3) is 10.8 Å². The molecule has 0 N–H and O–H groups in total. The van der Waals surface area contributed by atoms with Crippen molar-refractivity contribution in [3.05, 3.63) is 71.8 Å². The monoisotopic (exact) mass is 409 g/mol. The number of sulfonamides is 1. The smallest absolute Gasteiger partial charge is 0.327 e. The van der Waals surface area contributed by atoms with Crippen molar-refractivity contribution < 1.29 is 22.7 Å². The largest absolute Gasteiger partial charge is 0.453 e. The minimum atomic E-state index is -3.86. The first-order valence-corrected chi connectivity index (χ1v) is 10.6. The molecule has 0 fully saturated rings. The fourth-order valence-electron chi connectivity index (χ4n) is 3.49. The zero-order valence-corrected chi connectivity index (χ0v) is 16.8. The number of ketones is 1. The Labute approximate surface area is 168 Å². The highest BCUT2D eigenvalue weighted by molar-refractivity contribution is 7.93. The van der Waals surface area contributed by atoms with Crippen molar-refractivity contribution in [2.24, 2.45) is 0 Å². The molecule has 0 unspecified atom stereocenters. The molecule has 0 aromatic heterocycles. The fourth-order valence-corrected chi connectivity index (χ4v) is 5.14. The Morgan fingerprint density at radius 2 is 1.66 bits per heavy atom. The van der Waals surface area contributed by atoms with Gasteiger partial charge in [-0.05, 0) is 31.4 Å². The van der Waals surface area contributed by atoms with E-state index in [4.69, 9.17) is 4.74 Å². The quantitative estimate of drug-likeness (QED) is 0.476. The summed E-state index contributed by atoms with van der Waals surface area (Å²) in [6, 6.07) is 17.2. The van der Waals surface area contributed by atoms with Gasteiger partial charge < -0.3 is 4.74 Å². The van der Waals surface area contributed by atoms with Crippen molar-refractivity contribution in [1.29, 1.82) is 0 Å². The van der Waals surface area contributed by atoms with E-state index in [1.54, 1.807) is 42.5 Å². The van der Waals surface area contributed by atoms with Crippen LogP contribution < -0.4 is 4.31 Å². The summed E-state index contributed by atoms with van der Waals surface area (Å²) in [5.74, 6) is -1.13. The SMILES string of the molecule is Cc1ccc(C(=O)[C@@H](C)OC(=O)CN2c3cccc4cccc(c34)S2(=O)=O)cc1. The van der Waals surface area contributed by atoms with Crippen molar-refractivity contribution in [2.45, 2.75) is 24.8 Å². The van der Waals surface area contributed by atoms with Crippen LogP contribution in [-0.2, 0) is 19.6 Å². The summed E-state index contributed by atoms with van der Waals surface area (Å²) in [7, 11) is -3.86. The number of rotatable bonds is 5.